The molecule has 2 fully saturated rings. The van der Waals surface area contributed by atoms with Crippen LogP contribution in [-0.2, 0) is 14.2 Å². The second-order valence-electron chi connectivity index (χ2n) is 8.53. The summed E-state index contributed by atoms with van der Waals surface area (Å²) < 4.78 is 17.1. The largest absolute Gasteiger partial charge is 0.441 e. The number of ketones is 1. The van der Waals surface area contributed by atoms with Crippen LogP contribution < -0.4 is 16.0 Å². The molecule has 3 aromatic carbocycles. The molecule has 4 unspecified atom stereocenters. The number of anilines is 2. The number of amides is 3. The zero-order valence-electron chi connectivity index (χ0n) is 19.0. The van der Waals surface area contributed by atoms with Crippen molar-refractivity contribution in [1.29, 1.82) is 0 Å². The molecule has 0 radical (unpaired) electrons. The topological polar surface area (TPSA) is 115 Å². The lowest BCUT2D eigenvalue weighted by molar-refractivity contribution is 0.00873. The Balaban J connectivity index is 1.16. The Hall–Kier alpha value is -3.95. The molecule has 2 saturated heterocycles. The molecule has 35 heavy (non-hydrogen) atoms. The Bertz CT molecular complexity index is 1270. The van der Waals surface area contributed by atoms with Crippen molar-refractivity contribution in [3.8, 4) is 0 Å². The monoisotopic (exact) mass is 475 g/mol. The zero-order chi connectivity index (χ0) is 24.4. The highest BCUT2D eigenvalue weighted by atomic mass is 16.6. The van der Waals surface area contributed by atoms with E-state index < -0.39 is 24.4 Å². The number of carbonyl (C=O) groups excluding carboxylic acids is 3. The molecule has 3 amide bonds. The van der Waals surface area contributed by atoms with Crippen molar-refractivity contribution in [2.24, 2.45) is 0 Å². The molecule has 0 aliphatic carbocycles. The summed E-state index contributed by atoms with van der Waals surface area (Å²) in [7, 11) is 0. The number of ether oxygens (including phenoxy) is 3. The van der Waals surface area contributed by atoms with Crippen LogP contribution >= 0.6 is 0 Å². The predicted molar refractivity (Wildman–Crippen MR) is 130 cm³/mol. The van der Waals surface area contributed by atoms with Crippen LogP contribution in [0.5, 0.6) is 0 Å². The highest BCUT2D eigenvalue weighted by Crippen LogP contribution is 2.30. The van der Waals surface area contributed by atoms with Crippen molar-refractivity contribution < 1.29 is 28.6 Å². The quantitative estimate of drug-likeness (QED) is 0.482. The molecule has 0 spiro atoms. The first-order valence-electron chi connectivity index (χ1n) is 11.3. The van der Waals surface area contributed by atoms with Crippen molar-refractivity contribution in [2.75, 3.05) is 23.8 Å². The number of hydrogen-bond donors (Lipinski definition) is 3. The minimum Gasteiger partial charge on any atom is -0.441 e. The molecule has 3 N–H and O–H groups in total. The third-order valence-electron chi connectivity index (χ3n) is 6.14. The van der Waals surface area contributed by atoms with Crippen LogP contribution in [0.2, 0.25) is 0 Å². The SMILES string of the molecule is CC(=O)c1cccc(NC(=O)OC2COC3C(NC(=O)Nc4cccc5ccccc45)COC23)c1. The Labute approximate surface area is 201 Å². The van der Waals surface area contributed by atoms with Crippen molar-refractivity contribution in [1.82, 2.24) is 5.32 Å². The second-order valence-corrected chi connectivity index (χ2v) is 8.53. The first kappa shape index (κ1) is 22.8. The molecule has 0 bridgehead atoms. The van der Waals surface area contributed by atoms with E-state index in [0.717, 1.165) is 10.8 Å². The Morgan fingerprint density at radius 1 is 0.886 bits per heavy atom. The molecule has 2 aliphatic heterocycles. The summed E-state index contributed by atoms with van der Waals surface area (Å²) in [5, 5.41) is 10.4. The first-order valence-corrected chi connectivity index (χ1v) is 11.3. The summed E-state index contributed by atoms with van der Waals surface area (Å²) >= 11 is 0. The van der Waals surface area contributed by atoms with Gasteiger partial charge in [0.25, 0.3) is 0 Å². The Kier molecular flexibility index (Phi) is 6.35. The summed E-state index contributed by atoms with van der Waals surface area (Å²) in [5.74, 6) is -0.101. The highest BCUT2D eigenvalue weighted by molar-refractivity contribution is 6.01. The fourth-order valence-electron chi connectivity index (χ4n) is 4.45. The van der Waals surface area contributed by atoms with Gasteiger partial charge in [-0.05, 0) is 30.5 Å². The van der Waals surface area contributed by atoms with Crippen LogP contribution in [-0.4, -0.2) is 55.5 Å². The molecule has 2 aliphatic rings. The number of fused-ring (bicyclic) bond motifs is 2. The molecule has 0 aromatic heterocycles. The van der Waals surface area contributed by atoms with Gasteiger partial charge < -0.3 is 24.8 Å². The fraction of sp³-hybridized carbons (Fsp3) is 0.269. The van der Waals surface area contributed by atoms with Gasteiger partial charge in [-0.3, -0.25) is 10.1 Å². The molecule has 3 aromatic rings. The predicted octanol–water partition coefficient (Wildman–Crippen LogP) is 3.95. The standard InChI is InChI=1S/C26H25N3O6/c1-15(30)17-8-4-9-18(12-17)27-26(32)35-22-14-34-23-21(13-33-24(22)23)29-25(31)28-20-11-5-7-16-6-2-3-10-19(16)20/h2-12,21-24H,13-14H2,1H3,(H,27,32)(H2,28,29,31). The lowest BCUT2D eigenvalue weighted by Crippen LogP contribution is -2.46. The number of hydrogen-bond acceptors (Lipinski definition) is 6. The molecule has 9 nitrogen and oxygen atoms in total. The summed E-state index contributed by atoms with van der Waals surface area (Å²) in [4.78, 5) is 36.6. The molecule has 180 valence electrons. The van der Waals surface area contributed by atoms with E-state index in [9.17, 15) is 14.4 Å². The number of Topliss-reactive ketones (excluding diaryl/α,β-unsaturated/α-hetero) is 1. The van der Waals surface area contributed by atoms with Gasteiger partial charge in [0.05, 0.1) is 24.9 Å². The molecule has 9 heteroatoms. The number of urea groups is 1. The molecular formula is C26H25N3O6. The third-order valence-corrected chi connectivity index (χ3v) is 6.14. The molecular weight excluding hydrogens is 450 g/mol. The highest BCUT2D eigenvalue weighted by Gasteiger charge is 2.50. The summed E-state index contributed by atoms with van der Waals surface area (Å²) in [6.07, 6.45) is -2.23. The van der Waals surface area contributed by atoms with E-state index in [0.29, 0.717) is 16.9 Å². The summed E-state index contributed by atoms with van der Waals surface area (Å²) in [5.41, 5.74) is 1.65. The van der Waals surface area contributed by atoms with E-state index in [1.807, 2.05) is 42.5 Å². The maximum absolute atomic E-state index is 12.7. The van der Waals surface area contributed by atoms with E-state index in [1.165, 1.54) is 6.92 Å². The lowest BCUT2D eigenvalue weighted by atomic mass is 10.1. The van der Waals surface area contributed by atoms with Gasteiger partial charge in [0.15, 0.2) is 11.9 Å². The first-order chi connectivity index (χ1) is 17.0. The van der Waals surface area contributed by atoms with Gasteiger partial charge in [-0.25, -0.2) is 9.59 Å². The van der Waals surface area contributed by atoms with Crippen LogP contribution in [0.4, 0.5) is 21.0 Å². The van der Waals surface area contributed by atoms with E-state index >= 15 is 0 Å². The van der Waals surface area contributed by atoms with Crippen molar-refractivity contribution in [3.63, 3.8) is 0 Å². The van der Waals surface area contributed by atoms with Gasteiger partial charge in [-0.2, -0.15) is 0 Å². The average Bonchev–Trinajstić information content (AvgIpc) is 3.42. The van der Waals surface area contributed by atoms with E-state index in [4.69, 9.17) is 14.2 Å². The maximum atomic E-state index is 12.7. The van der Waals surface area contributed by atoms with Gasteiger partial charge >= 0.3 is 12.1 Å². The Morgan fingerprint density at radius 2 is 1.66 bits per heavy atom. The lowest BCUT2D eigenvalue weighted by Gasteiger charge is -2.18. The van der Waals surface area contributed by atoms with Crippen LogP contribution in [0.25, 0.3) is 10.8 Å². The number of nitrogens with one attached hydrogen (secondary N) is 3. The average molecular weight is 476 g/mol. The van der Waals surface area contributed by atoms with Crippen LogP contribution in [0.15, 0.2) is 66.7 Å². The van der Waals surface area contributed by atoms with Crippen LogP contribution in [0.1, 0.15) is 17.3 Å². The molecule has 4 atom stereocenters. The minimum atomic E-state index is -0.673. The summed E-state index contributed by atoms with van der Waals surface area (Å²) in [6, 6.07) is 19.4. The van der Waals surface area contributed by atoms with Crippen molar-refractivity contribution >= 4 is 40.1 Å². The van der Waals surface area contributed by atoms with Gasteiger partial charge in [0, 0.05) is 16.6 Å². The summed E-state index contributed by atoms with van der Waals surface area (Å²) in [6.45, 7) is 1.84. The van der Waals surface area contributed by atoms with Crippen LogP contribution in [0.3, 0.4) is 0 Å². The van der Waals surface area contributed by atoms with Gasteiger partial charge in [0.2, 0.25) is 0 Å². The minimum absolute atomic E-state index is 0.101. The van der Waals surface area contributed by atoms with Gasteiger partial charge in [-0.1, -0.05) is 48.5 Å². The van der Waals surface area contributed by atoms with Gasteiger partial charge in [0.1, 0.15) is 12.2 Å². The third kappa shape index (κ3) is 4.96. The Morgan fingerprint density at radius 3 is 2.51 bits per heavy atom. The molecule has 0 saturated carbocycles. The van der Waals surface area contributed by atoms with E-state index in [2.05, 4.69) is 16.0 Å². The molecule has 5 rings (SSSR count). The van der Waals surface area contributed by atoms with Gasteiger partial charge in [-0.15, -0.1) is 0 Å². The number of carbonyl (C=O) groups is 3. The van der Waals surface area contributed by atoms with Crippen molar-refractivity contribution in [3.05, 3.63) is 72.3 Å². The van der Waals surface area contributed by atoms with E-state index in [-0.39, 0.29) is 31.1 Å². The smallest absolute Gasteiger partial charge is 0.412 e. The molecule has 2 heterocycles. The number of benzene rings is 3. The fourth-order valence-corrected chi connectivity index (χ4v) is 4.45. The van der Waals surface area contributed by atoms with Crippen LogP contribution in [0, 0.1) is 0 Å². The second kappa shape index (κ2) is 9.73. The van der Waals surface area contributed by atoms with E-state index in [1.54, 1.807) is 24.3 Å². The van der Waals surface area contributed by atoms with Crippen molar-refractivity contribution in [2.45, 2.75) is 31.3 Å². The number of rotatable bonds is 5. The zero-order valence-corrected chi connectivity index (χ0v) is 19.0. The normalized spacial score (nSPS) is 22.9. The maximum Gasteiger partial charge on any atom is 0.412 e.